The third-order valence-electron chi connectivity index (χ3n) is 5.82. The number of benzene rings is 2. The third kappa shape index (κ3) is 3.54. The number of hydrogen-bond acceptors (Lipinski definition) is 5. The van der Waals surface area contributed by atoms with Crippen LogP contribution in [-0.4, -0.2) is 27.8 Å². The number of amides is 1. The van der Waals surface area contributed by atoms with Gasteiger partial charge in [-0.25, -0.2) is 4.98 Å². The predicted molar refractivity (Wildman–Crippen MR) is 126 cm³/mol. The van der Waals surface area contributed by atoms with Crippen LogP contribution in [0.3, 0.4) is 0 Å². The van der Waals surface area contributed by atoms with Gasteiger partial charge in [-0.15, -0.1) is 11.3 Å². The number of thiophene rings is 1. The zero-order chi connectivity index (χ0) is 22.2. The molecule has 5 rings (SSSR count). The SMILES string of the molecule is Cc1c(-c2ccccc2)sc2ncn(CC(=O)c3cccc(N4CCCC4=O)c3)c(=O)c12. The second-order valence-electron chi connectivity index (χ2n) is 7.90. The van der Waals surface area contributed by atoms with Crippen LogP contribution in [0.5, 0.6) is 0 Å². The Morgan fingerprint density at radius 1 is 1.09 bits per heavy atom. The Bertz CT molecular complexity index is 1410. The van der Waals surface area contributed by atoms with Crippen LogP contribution in [-0.2, 0) is 11.3 Å². The lowest BCUT2D eigenvalue weighted by Crippen LogP contribution is -2.25. The Morgan fingerprint density at radius 3 is 2.66 bits per heavy atom. The third-order valence-corrected chi connectivity index (χ3v) is 7.07. The molecular formula is C25H21N3O3S. The van der Waals surface area contributed by atoms with E-state index in [1.807, 2.05) is 43.3 Å². The summed E-state index contributed by atoms with van der Waals surface area (Å²) in [7, 11) is 0. The van der Waals surface area contributed by atoms with Crippen LogP contribution in [0.2, 0.25) is 0 Å². The van der Waals surface area contributed by atoms with E-state index in [9.17, 15) is 14.4 Å². The zero-order valence-electron chi connectivity index (χ0n) is 17.6. The Morgan fingerprint density at radius 2 is 1.91 bits per heavy atom. The molecule has 0 atom stereocenters. The standard InChI is InChI=1S/C25H21N3O3S/c1-16-22-24(32-23(16)17-7-3-2-4-8-17)26-15-27(25(22)31)14-20(29)18-9-5-10-19(13-18)28-12-6-11-21(28)30/h2-5,7-10,13,15H,6,11-12,14H2,1H3. The molecule has 7 heteroatoms. The zero-order valence-corrected chi connectivity index (χ0v) is 18.4. The summed E-state index contributed by atoms with van der Waals surface area (Å²) in [6.07, 6.45) is 2.80. The topological polar surface area (TPSA) is 72.3 Å². The van der Waals surface area contributed by atoms with E-state index in [2.05, 4.69) is 4.98 Å². The molecule has 1 aliphatic heterocycles. The average molecular weight is 444 g/mol. The molecule has 1 fully saturated rings. The maximum Gasteiger partial charge on any atom is 0.262 e. The number of aryl methyl sites for hydroxylation is 1. The molecular weight excluding hydrogens is 422 g/mol. The van der Waals surface area contributed by atoms with Crippen LogP contribution in [0.25, 0.3) is 20.7 Å². The minimum atomic E-state index is -0.217. The van der Waals surface area contributed by atoms with Crippen LogP contribution >= 0.6 is 11.3 Å². The van der Waals surface area contributed by atoms with E-state index in [-0.39, 0.29) is 23.8 Å². The highest BCUT2D eigenvalue weighted by Gasteiger charge is 2.22. The van der Waals surface area contributed by atoms with Gasteiger partial charge >= 0.3 is 0 Å². The smallest absolute Gasteiger partial charge is 0.262 e. The fraction of sp³-hybridized carbons (Fsp3) is 0.200. The summed E-state index contributed by atoms with van der Waals surface area (Å²) in [6, 6.07) is 17.0. The summed E-state index contributed by atoms with van der Waals surface area (Å²) < 4.78 is 1.37. The molecule has 1 amide bonds. The fourth-order valence-electron chi connectivity index (χ4n) is 4.15. The molecule has 3 heterocycles. The summed E-state index contributed by atoms with van der Waals surface area (Å²) in [5, 5.41) is 0.556. The molecule has 0 saturated carbocycles. The minimum absolute atomic E-state index is 0.0719. The van der Waals surface area contributed by atoms with Crippen LogP contribution < -0.4 is 10.5 Å². The molecule has 6 nitrogen and oxygen atoms in total. The predicted octanol–water partition coefficient (Wildman–Crippen LogP) is 4.44. The lowest BCUT2D eigenvalue weighted by Gasteiger charge is -2.16. The molecule has 32 heavy (non-hydrogen) atoms. The normalized spacial score (nSPS) is 13.8. The highest BCUT2D eigenvalue weighted by atomic mass is 32.1. The van der Waals surface area contributed by atoms with Crippen molar-refractivity contribution in [1.29, 1.82) is 0 Å². The van der Waals surface area contributed by atoms with Gasteiger partial charge in [0.25, 0.3) is 5.56 Å². The number of rotatable bonds is 5. The van der Waals surface area contributed by atoms with Crippen molar-refractivity contribution in [3.63, 3.8) is 0 Å². The van der Waals surface area contributed by atoms with Crippen LogP contribution in [0, 0.1) is 6.92 Å². The Balaban J connectivity index is 1.46. The molecule has 1 aliphatic rings. The number of fused-ring (bicyclic) bond motifs is 1. The number of Topliss-reactive ketones (excluding diaryl/α,β-unsaturated/α-hetero) is 1. The van der Waals surface area contributed by atoms with Gasteiger partial charge in [0.2, 0.25) is 5.91 Å². The Labute approximate surface area is 188 Å². The van der Waals surface area contributed by atoms with Crippen molar-refractivity contribution in [3.05, 3.63) is 82.4 Å². The first kappa shape index (κ1) is 20.3. The van der Waals surface area contributed by atoms with Gasteiger partial charge in [0.15, 0.2) is 5.78 Å². The number of ketones is 1. The number of aromatic nitrogens is 2. The highest BCUT2D eigenvalue weighted by molar-refractivity contribution is 7.22. The summed E-state index contributed by atoms with van der Waals surface area (Å²) in [5.74, 6) is -0.125. The van der Waals surface area contributed by atoms with Gasteiger partial charge in [-0.2, -0.15) is 0 Å². The maximum atomic E-state index is 13.2. The minimum Gasteiger partial charge on any atom is -0.312 e. The number of anilines is 1. The van der Waals surface area contributed by atoms with Gasteiger partial charge < -0.3 is 4.90 Å². The average Bonchev–Trinajstić information content (AvgIpc) is 3.39. The van der Waals surface area contributed by atoms with Gasteiger partial charge in [-0.1, -0.05) is 42.5 Å². The van der Waals surface area contributed by atoms with E-state index in [4.69, 9.17) is 0 Å². The van der Waals surface area contributed by atoms with Gasteiger partial charge in [0, 0.05) is 29.1 Å². The van der Waals surface area contributed by atoms with Crippen molar-refractivity contribution >= 4 is 38.9 Å². The summed E-state index contributed by atoms with van der Waals surface area (Å²) in [5.41, 5.74) is 2.90. The summed E-state index contributed by atoms with van der Waals surface area (Å²) in [4.78, 5) is 46.1. The number of nitrogens with zero attached hydrogens (tertiary/aromatic N) is 3. The van der Waals surface area contributed by atoms with Crippen molar-refractivity contribution in [2.45, 2.75) is 26.3 Å². The largest absolute Gasteiger partial charge is 0.312 e. The van der Waals surface area contributed by atoms with Gasteiger partial charge in [0.05, 0.1) is 18.3 Å². The molecule has 160 valence electrons. The van der Waals surface area contributed by atoms with E-state index < -0.39 is 0 Å². The molecule has 0 spiro atoms. The van der Waals surface area contributed by atoms with E-state index in [0.29, 0.717) is 28.7 Å². The van der Waals surface area contributed by atoms with Crippen LogP contribution in [0.4, 0.5) is 5.69 Å². The molecule has 2 aromatic carbocycles. The van der Waals surface area contributed by atoms with Crippen molar-refractivity contribution in [2.24, 2.45) is 0 Å². The van der Waals surface area contributed by atoms with E-state index in [1.165, 1.54) is 22.2 Å². The molecule has 2 aromatic heterocycles. The van der Waals surface area contributed by atoms with Crippen molar-refractivity contribution in [1.82, 2.24) is 9.55 Å². The molecule has 0 bridgehead atoms. The first-order chi connectivity index (χ1) is 15.5. The van der Waals surface area contributed by atoms with Gasteiger partial charge in [-0.3, -0.25) is 19.0 Å². The van der Waals surface area contributed by atoms with Crippen molar-refractivity contribution < 1.29 is 9.59 Å². The van der Waals surface area contributed by atoms with Crippen LogP contribution in [0.1, 0.15) is 28.8 Å². The van der Waals surface area contributed by atoms with E-state index in [1.54, 1.807) is 23.1 Å². The van der Waals surface area contributed by atoms with Crippen molar-refractivity contribution in [2.75, 3.05) is 11.4 Å². The molecule has 4 aromatic rings. The van der Waals surface area contributed by atoms with E-state index >= 15 is 0 Å². The monoisotopic (exact) mass is 443 g/mol. The molecule has 1 saturated heterocycles. The Kier molecular flexibility index (Phi) is 5.19. The summed E-state index contributed by atoms with van der Waals surface area (Å²) >= 11 is 1.48. The lowest BCUT2D eigenvalue weighted by molar-refractivity contribution is -0.117. The lowest BCUT2D eigenvalue weighted by atomic mass is 10.1. The molecule has 0 unspecified atom stereocenters. The first-order valence-corrected chi connectivity index (χ1v) is 11.3. The second kappa shape index (κ2) is 8.16. The Hall–Kier alpha value is -3.58. The summed E-state index contributed by atoms with van der Waals surface area (Å²) in [6.45, 7) is 2.49. The number of carbonyl (C=O) groups is 2. The fourth-order valence-corrected chi connectivity index (χ4v) is 5.30. The first-order valence-electron chi connectivity index (χ1n) is 10.5. The van der Waals surface area contributed by atoms with E-state index in [0.717, 1.165) is 28.1 Å². The van der Waals surface area contributed by atoms with Crippen LogP contribution in [0.15, 0.2) is 65.7 Å². The molecule has 0 N–H and O–H groups in total. The van der Waals surface area contributed by atoms with Gasteiger partial charge in [-0.05, 0) is 36.6 Å². The van der Waals surface area contributed by atoms with Gasteiger partial charge in [0.1, 0.15) is 4.83 Å². The van der Waals surface area contributed by atoms with Crippen molar-refractivity contribution in [3.8, 4) is 10.4 Å². The molecule has 0 aliphatic carbocycles. The highest BCUT2D eigenvalue weighted by Crippen LogP contribution is 2.35. The molecule has 0 radical (unpaired) electrons. The number of hydrogen-bond donors (Lipinski definition) is 0. The second-order valence-corrected chi connectivity index (χ2v) is 8.90. The maximum absolute atomic E-state index is 13.2. The number of carbonyl (C=O) groups excluding carboxylic acids is 2. The quantitative estimate of drug-likeness (QED) is 0.428.